The van der Waals surface area contributed by atoms with Crippen LogP contribution in [-0.2, 0) is 5.41 Å². The van der Waals surface area contributed by atoms with Crippen LogP contribution >= 0.6 is 0 Å². The van der Waals surface area contributed by atoms with E-state index in [-0.39, 0.29) is 5.41 Å². The van der Waals surface area contributed by atoms with Crippen LogP contribution in [0.1, 0.15) is 37.5 Å². The highest BCUT2D eigenvalue weighted by atomic mass is 15.0. The van der Waals surface area contributed by atoms with Crippen molar-refractivity contribution in [3.05, 3.63) is 28.8 Å². The first kappa shape index (κ1) is 9.57. The van der Waals surface area contributed by atoms with Crippen molar-refractivity contribution in [1.29, 1.82) is 0 Å². The van der Waals surface area contributed by atoms with Gasteiger partial charge in [0.25, 0.3) is 0 Å². The fourth-order valence-corrected chi connectivity index (χ4v) is 2.17. The fraction of sp³-hybridized carbons (Fsp3) is 0.538. The Morgan fingerprint density at radius 3 is 2.50 bits per heavy atom. The van der Waals surface area contributed by atoms with E-state index in [4.69, 9.17) is 0 Å². The van der Waals surface area contributed by atoms with Crippen LogP contribution in [-0.4, -0.2) is 6.04 Å². The average molecular weight is 189 g/mol. The summed E-state index contributed by atoms with van der Waals surface area (Å²) in [6, 6.07) is 5.03. The lowest BCUT2D eigenvalue weighted by molar-refractivity contribution is 0.486. The van der Waals surface area contributed by atoms with Crippen molar-refractivity contribution in [2.75, 3.05) is 5.32 Å². The van der Waals surface area contributed by atoms with Crippen molar-refractivity contribution < 1.29 is 0 Å². The van der Waals surface area contributed by atoms with Gasteiger partial charge in [-0.05, 0) is 37.5 Å². The van der Waals surface area contributed by atoms with Crippen molar-refractivity contribution in [2.24, 2.45) is 0 Å². The minimum atomic E-state index is 0.258. The molecule has 0 saturated carbocycles. The van der Waals surface area contributed by atoms with Gasteiger partial charge in [0.1, 0.15) is 0 Å². The topological polar surface area (TPSA) is 12.0 Å². The van der Waals surface area contributed by atoms with Crippen molar-refractivity contribution in [3.8, 4) is 0 Å². The molecule has 0 fully saturated rings. The predicted octanol–water partition coefficient (Wildman–Crippen LogP) is 3.40. The molecule has 0 amide bonds. The molecule has 1 aliphatic heterocycles. The highest BCUT2D eigenvalue weighted by Gasteiger charge is 2.36. The molecular weight excluding hydrogens is 170 g/mol. The van der Waals surface area contributed by atoms with Crippen LogP contribution in [0.2, 0.25) is 0 Å². The average Bonchev–Trinajstić information content (AvgIpc) is 2.33. The molecule has 1 N–H and O–H groups in total. The molecule has 1 heterocycles. The van der Waals surface area contributed by atoms with Gasteiger partial charge in [0, 0.05) is 17.1 Å². The molecule has 1 aliphatic rings. The third-order valence-electron chi connectivity index (χ3n) is 3.87. The minimum Gasteiger partial charge on any atom is -0.381 e. The molecule has 1 nitrogen and oxygen atoms in total. The zero-order chi connectivity index (χ0) is 10.5. The standard InChI is InChI=1S/C13H19N/c1-8-6-7-11-12(9(8)2)14-10(3)13(11,4)5/h6-7,10,14H,1-5H3. The molecule has 0 spiro atoms. The van der Waals surface area contributed by atoms with E-state index in [9.17, 15) is 0 Å². The number of hydrogen-bond donors (Lipinski definition) is 1. The van der Waals surface area contributed by atoms with Crippen LogP contribution in [0.5, 0.6) is 0 Å². The van der Waals surface area contributed by atoms with Gasteiger partial charge in [-0.1, -0.05) is 26.0 Å². The summed E-state index contributed by atoms with van der Waals surface area (Å²) in [7, 11) is 0. The van der Waals surface area contributed by atoms with Gasteiger partial charge in [-0.25, -0.2) is 0 Å². The molecule has 1 unspecified atom stereocenters. The molecule has 2 rings (SSSR count). The van der Waals surface area contributed by atoms with Gasteiger partial charge in [0.2, 0.25) is 0 Å². The van der Waals surface area contributed by atoms with Crippen LogP contribution in [0.3, 0.4) is 0 Å². The Bertz CT molecular complexity index is 377. The molecule has 0 saturated heterocycles. The lowest BCUT2D eigenvalue weighted by Gasteiger charge is -2.23. The first-order valence-corrected chi connectivity index (χ1v) is 5.32. The summed E-state index contributed by atoms with van der Waals surface area (Å²) in [6.45, 7) is 11.3. The zero-order valence-electron chi connectivity index (χ0n) is 9.73. The van der Waals surface area contributed by atoms with E-state index in [0.717, 1.165) is 0 Å². The molecule has 0 aliphatic carbocycles. The maximum Gasteiger partial charge on any atom is 0.0413 e. The van der Waals surface area contributed by atoms with Gasteiger partial charge in [-0.2, -0.15) is 0 Å². The number of rotatable bonds is 0. The summed E-state index contributed by atoms with van der Waals surface area (Å²) >= 11 is 0. The number of benzene rings is 1. The predicted molar refractivity (Wildman–Crippen MR) is 62.0 cm³/mol. The van der Waals surface area contributed by atoms with Crippen LogP contribution < -0.4 is 5.32 Å². The lowest BCUT2D eigenvalue weighted by atomic mass is 9.81. The molecule has 1 atom stereocenters. The maximum atomic E-state index is 3.60. The Labute approximate surface area is 86.5 Å². The van der Waals surface area contributed by atoms with E-state index in [2.05, 4.69) is 52.1 Å². The van der Waals surface area contributed by atoms with Crippen LogP contribution in [0, 0.1) is 13.8 Å². The van der Waals surface area contributed by atoms with E-state index in [0.29, 0.717) is 6.04 Å². The first-order valence-electron chi connectivity index (χ1n) is 5.32. The summed E-state index contributed by atoms with van der Waals surface area (Å²) in [4.78, 5) is 0. The first-order chi connectivity index (χ1) is 6.44. The van der Waals surface area contributed by atoms with Gasteiger partial charge in [-0.3, -0.25) is 0 Å². The maximum absolute atomic E-state index is 3.60. The van der Waals surface area contributed by atoms with Crippen molar-refractivity contribution in [1.82, 2.24) is 0 Å². The number of nitrogens with one attached hydrogen (secondary N) is 1. The Morgan fingerprint density at radius 1 is 1.21 bits per heavy atom. The summed E-state index contributed by atoms with van der Waals surface area (Å²) < 4.78 is 0. The van der Waals surface area contributed by atoms with E-state index in [1.165, 1.54) is 22.4 Å². The number of hydrogen-bond acceptors (Lipinski definition) is 1. The molecule has 0 bridgehead atoms. The third kappa shape index (κ3) is 1.08. The Balaban J connectivity index is 2.64. The molecule has 14 heavy (non-hydrogen) atoms. The summed E-state index contributed by atoms with van der Waals surface area (Å²) in [5, 5.41) is 3.60. The molecule has 0 aromatic heterocycles. The SMILES string of the molecule is Cc1ccc2c(c1C)NC(C)C2(C)C. The summed E-state index contributed by atoms with van der Waals surface area (Å²) in [5.41, 5.74) is 5.87. The highest BCUT2D eigenvalue weighted by molar-refractivity contribution is 5.67. The van der Waals surface area contributed by atoms with Crippen molar-refractivity contribution in [2.45, 2.75) is 46.1 Å². The fourth-order valence-electron chi connectivity index (χ4n) is 2.17. The Hall–Kier alpha value is -0.980. The molecule has 1 aromatic rings. The van der Waals surface area contributed by atoms with Crippen LogP contribution in [0.4, 0.5) is 5.69 Å². The molecule has 0 radical (unpaired) electrons. The molecular formula is C13H19N. The van der Waals surface area contributed by atoms with Gasteiger partial charge in [0.15, 0.2) is 0 Å². The van der Waals surface area contributed by atoms with Crippen molar-refractivity contribution in [3.63, 3.8) is 0 Å². The highest BCUT2D eigenvalue weighted by Crippen LogP contribution is 2.42. The number of aryl methyl sites for hydroxylation is 1. The van der Waals surface area contributed by atoms with Gasteiger partial charge < -0.3 is 5.32 Å². The van der Waals surface area contributed by atoms with E-state index in [1.54, 1.807) is 0 Å². The molecule has 76 valence electrons. The summed E-state index contributed by atoms with van der Waals surface area (Å²) in [5.74, 6) is 0. The second-order valence-electron chi connectivity index (χ2n) is 5.02. The van der Waals surface area contributed by atoms with Gasteiger partial charge in [-0.15, -0.1) is 0 Å². The lowest BCUT2D eigenvalue weighted by Crippen LogP contribution is -2.29. The van der Waals surface area contributed by atoms with Gasteiger partial charge >= 0.3 is 0 Å². The quantitative estimate of drug-likeness (QED) is 0.659. The van der Waals surface area contributed by atoms with E-state index in [1.807, 2.05) is 0 Å². The number of fused-ring (bicyclic) bond motifs is 1. The number of anilines is 1. The monoisotopic (exact) mass is 189 g/mol. The minimum absolute atomic E-state index is 0.258. The second-order valence-corrected chi connectivity index (χ2v) is 5.02. The summed E-state index contributed by atoms with van der Waals surface area (Å²) in [6.07, 6.45) is 0. The molecule has 1 aromatic carbocycles. The molecule has 1 heteroatoms. The largest absolute Gasteiger partial charge is 0.381 e. The zero-order valence-corrected chi connectivity index (χ0v) is 9.73. The second kappa shape index (κ2) is 2.75. The van der Waals surface area contributed by atoms with Crippen LogP contribution in [0.25, 0.3) is 0 Å². The van der Waals surface area contributed by atoms with Crippen LogP contribution in [0.15, 0.2) is 12.1 Å². The van der Waals surface area contributed by atoms with E-state index >= 15 is 0 Å². The smallest absolute Gasteiger partial charge is 0.0413 e. The van der Waals surface area contributed by atoms with Gasteiger partial charge in [0.05, 0.1) is 0 Å². The third-order valence-corrected chi connectivity index (χ3v) is 3.87. The van der Waals surface area contributed by atoms with E-state index < -0.39 is 0 Å². The Morgan fingerprint density at radius 2 is 1.86 bits per heavy atom. The normalized spacial score (nSPS) is 23.1. The van der Waals surface area contributed by atoms with Crippen molar-refractivity contribution >= 4 is 5.69 Å². The Kier molecular flexibility index (Phi) is 1.88.